The standard InChI is InChI=1S/C26H28N6O2/c1-19-27-13-15-32(19)23-12-6-5-10-21(23)16-28-26(33)22-11-7-14-31(17-22)18-24-29-25(30-34-24)20-8-3-2-4-9-20/h2-6,8-10,12-13,15,22H,7,11,14,16-18H2,1H3,(H,28,33). The summed E-state index contributed by atoms with van der Waals surface area (Å²) < 4.78 is 7.51. The topological polar surface area (TPSA) is 89.1 Å². The fraction of sp³-hybridized carbons (Fsp3) is 0.308. The van der Waals surface area contributed by atoms with Gasteiger partial charge in [-0.05, 0) is 37.9 Å². The van der Waals surface area contributed by atoms with Crippen molar-refractivity contribution >= 4 is 5.91 Å². The Morgan fingerprint density at radius 3 is 2.79 bits per heavy atom. The smallest absolute Gasteiger partial charge is 0.241 e. The van der Waals surface area contributed by atoms with E-state index < -0.39 is 0 Å². The lowest BCUT2D eigenvalue weighted by Crippen LogP contribution is -2.42. The molecule has 1 aliphatic rings. The Hall–Kier alpha value is -3.78. The maximum absolute atomic E-state index is 13.0. The van der Waals surface area contributed by atoms with Gasteiger partial charge in [-0.25, -0.2) is 4.98 Å². The lowest BCUT2D eigenvalue weighted by atomic mass is 9.97. The molecule has 1 aliphatic heterocycles. The molecule has 0 aliphatic carbocycles. The first kappa shape index (κ1) is 22.0. The Morgan fingerprint density at radius 2 is 1.97 bits per heavy atom. The molecule has 174 valence electrons. The molecule has 1 fully saturated rings. The van der Waals surface area contributed by atoms with Gasteiger partial charge < -0.3 is 14.4 Å². The second-order valence-electron chi connectivity index (χ2n) is 8.64. The number of carbonyl (C=O) groups excluding carboxylic acids is 1. The van der Waals surface area contributed by atoms with E-state index in [1.54, 1.807) is 6.20 Å². The minimum Gasteiger partial charge on any atom is -0.352 e. The lowest BCUT2D eigenvalue weighted by Gasteiger charge is -2.31. The van der Waals surface area contributed by atoms with Crippen LogP contribution in [0.3, 0.4) is 0 Å². The van der Waals surface area contributed by atoms with Gasteiger partial charge in [0.05, 0.1) is 18.2 Å². The largest absolute Gasteiger partial charge is 0.352 e. The molecule has 8 nitrogen and oxygen atoms in total. The molecule has 0 radical (unpaired) electrons. The Kier molecular flexibility index (Phi) is 6.49. The zero-order valence-electron chi connectivity index (χ0n) is 19.2. The van der Waals surface area contributed by atoms with Crippen LogP contribution >= 0.6 is 0 Å². The lowest BCUT2D eigenvalue weighted by molar-refractivity contribution is -0.127. The van der Waals surface area contributed by atoms with Crippen LogP contribution in [0.4, 0.5) is 0 Å². The maximum atomic E-state index is 13.0. The molecule has 1 saturated heterocycles. The molecule has 1 amide bonds. The summed E-state index contributed by atoms with van der Waals surface area (Å²) in [5, 5.41) is 7.26. The van der Waals surface area contributed by atoms with Crippen molar-refractivity contribution in [1.29, 1.82) is 0 Å². The third-order valence-corrected chi connectivity index (χ3v) is 6.27. The summed E-state index contributed by atoms with van der Waals surface area (Å²) in [6.07, 6.45) is 5.57. The van der Waals surface area contributed by atoms with Crippen molar-refractivity contribution in [3.63, 3.8) is 0 Å². The van der Waals surface area contributed by atoms with E-state index in [1.807, 2.05) is 72.3 Å². The number of hydrogen-bond acceptors (Lipinski definition) is 6. The van der Waals surface area contributed by atoms with E-state index in [1.165, 1.54) is 0 Å². The molecule has 1 unspecified atom stereocenters. The number of amides is 1. The molecule has 4 aromatic rings. The van der Waals surface area contributed by atoms with Gasteiger partial charge >= 0.3 is 0 Å². The summed E-state index contributed by atoms with van der Waals surface area (Å²) in [6, 6.07) is 17.9. The van der Waals surface area contributed by atoms with Crippen LogP contribution in [0, 0.1) is 12.8 Å². The highest BCUT2D eigenvalue weighted by molar-refractivity contribution is 5.79. The quantitative estimate of drug-likeness (QED) is 0.456. The van der Waals surface area contributed by atoms with E-state index >= 15 is 0 Å². The predicted molar refractivity (Wildman–Crippen MR) is 128 cm³/mol. The van der Waals surface area contributed by atoms with E-state index in [0.717, 1.165) is 42.0 Å². The Labute approximate surface area is 198 Å². The van der Waals surface area contributed by atoms with E-state index in [0.29, 0.717) is 31.3 Å². The van der Waals surface area contributed by atoms with Gasteiger partial charge in [-0.15, -0.1) is 0 Å². The van der Waals surface area contributed by atoms with E-state index in [9.17, 15) is 4.79 Å². The van der Waals surface area contributed by atoms with Gasteiger partial charge in [-0.3, -0.25) is 9.69 Å². The van der Waals surface area contributed by atoms with E-state index in [2.05, 4.69) is 25.3 Å². The number of imidazole rings is 1. The minimum atomic E-state index is -0.0626. The number of hydrogen-bond donors (Lipinski definition) is 1. The summed E-state index contributed by atoms with van der Waals surface area (Å²) in [5.41, 5.74) is 3.03. The highest BCUT2D eigenvalue weighted by Crippen LogP contribution is 2.21. The van der Waals surface area contributed by atoms with Gasteiger partial charge in [0, 0.05) is 31.0 Å². The van der Waals surface area contributed by atoms with Crippen LogP contribution in [0.25, 0.3) is 17.1 Å². The first-order valence-corrected chi connectivity index (χ1v) is 11.6. The molecular formula is C26H28N6O2. The van der Waals surface area contributed by atoms with Crippen LogP contribution in [0.15, 0.2) is 71.5 Å². The van der Waals surface area contributed by atoms with Gasteiger partial charge in [-0.1, -0.05) is 53.7 Å². The van der Waals surface area contributed by atoms with E-state index in [-0.39, 0.29) is 11.8 Å². The van der Waals surface area contributed by atoms with Gasteiger partial charge in [0.25, 0.3) is 0 Å². The summed E-state index contributed by atoms with van der Waals surface area (Å²) in [5.74, 6) is 2.10. The molecule has 1 N–H and O–H groups in total. The number of para-hydroxylation sites is 1. The SMILES string of the molecule is Cc1nccn1-c1ccccc1CNC(=O)C1CCCN(Cc2nc(-c3ccccc3)no2)C1. The molecule has 34 heavy (non-hydrogen) atoms. The Morgan fingerprint density at radius 1 is 1.15 bits per heavy atom. The molecule has 5 rings (SSSR count). The molecule has 1 atom stereocenters. The van der Waals surface area contributed by atoms with Crippen molar-refractivity contribution in [3.8, 4) is 17.1 Å². The number of carbonyl (C=O) groups is 1. The van der Waals surface area contributed by atoms with Crippen molar-refractivity contribution in [2.75, 3.05) is 13.1 Å². The van der Waals surface area contributed by atoms with E-state index in [4.69, 9.17) is 4.52 Å². The number of nitrogens with one attached hydrogen (secondary N) is 1. The van der Waals surface area contributed by atoms with Crippen LogP contribution < -0.4 is 5.32 Å². The molecule has 2 aromatic carbocycles. The van der Waals surface area contributed by atoms with Crippen molar-refractivity contribution < 1.29 is 9.32 Å². The second kappa shape index (κ2) is 10.0. The molecule has 0 saturated carbocycles. The van der Waals surface area contributed by atoms with Crippen LogP contribution in [-0.4, -0.2) is 43.6 Å². The van der Waals surface area contributed by atoms with Gasteiger partial charge in [-0.2, -0.15) is 4.98 Å². The summed E-state index contributed by atoms with van der Waals surface area (Å²) in [4.78, 5) is 24.1. The van der Waals surface area contributed by atoms with Crippen LogP contribution in [-0.2, 0) is 17.9 Å². The molecule has 0 bridgehead atoms. The van der Waals surface area contributed by atoms with Crippen molar-refractivity contribution in [2.45, 2.75) is 32.9 Å². The van der Waals surface area contributed by atoms with Crippen LogP contribution in [0.5, 0.6) is 0 Å². The second-order valence-corrected chi connectivity index (χ2v) is 8.64. The third-order valence-electron chi connectivity index (χ3n) is 6.27. The number of likely N-dealkylation sites (tertiary alicyclic amines) is 1. The zero-order chi connectivity index (χ0) is 23.3. The fourth-order valence-corrected chi connectivity index (χ4v) is 4.48. The molecule has 0 spiro atoms. The maximum Gasteiger partial charge on any atom is 0.241 e. The number of piperidine rings is 1. The number of nitrogens with zero attached hydrogens (tertiary/aromatic N) is 5. The normalized spacial score (nSPS) is 16.4. The zero-order valence-corrected chi connectivity index (χ0v) is 19.2. The fourth-order valence-electron chi connectivity index (χ4n) is 4.48. The van der Waals surface area contributed by atoms with Crippen molar-refractivity contribution in [1.82, 2.24) is 29.9 Å². The van der Waals surface area contributed by atoms with Gasteiger partial charge in [0.2, 0.25) is 17.6 Å². The summed E-state index contributed by atoms with van der Waals surface area (Å²) in [7, 11) is 0. The van der Waals surface area contributed by atoms with Gasteiger partial charge in [0.1, 0.15) is 5.82 Å². The summed E-state index contributed by atoms with van der Waals surface area (Å²) >= 11 is 0. The molecule has 3 heterocycles. The van der Waals surface area contributed by atoms with Crippen LogP contribution in [0.2, 0.25) is 0 Å². The first-order chi connectivity index (χ1) is 16.7. The number of aryl methyl sites for hydroxylation is 1. The third kappa shape index (κ3) is 4.92. The highest BCUT2D eigenvalue weighted by atomic mass is 16.5. The predicted octanol–water partition coefficient (Wildman–Crippen LogP) is 3.76. The number of aromatic nitrogens is 4. The average Bonchev–Trinajstić information content (AvgIpc) is 3.52. The minimum absolute atomic E-state index is 0.0626. The van der Waals surface area contributed by atoms with Crippen LogP contribution in [0.1, 0.15) is 30.1 Å². The van der Waals surface area contributed by atoms with Crippen molar-refractivity contribution in [2.24, 2.45) is 5.92 Å². The Bertz CT molecular complexity index is 1250. The average molecular weight is 457 g/mol. The monoisotopic (exact) mass is 456 g/mol. The Balaban J connectivity index is 1.19. The molecular weight excluding hydrogens is 428 g/mol. The van der Waals surface area contributed by atoms with Gasteiger partial charge in [0.15, 0.2) is 0 Å². The van der Waals surface area contributed by atoms with Crippen molar-refractivity contribution in [3.05, 3.63) is 84.3 Å². The first-order valence-electron chi connectivity index (χ1n) is 11.6. The number of benzene rings is 2. The molecule has 8 heteroatoms. The summed E-state index contributed by atoms with van der Waals surface area (Å²) in [6.45, 7) is 4.59. The number of rotatable bonds is 7. The highest BCUT2D eigenvalue weighted by Gasteiger charge is 2.27. The molecule has 2 aromatic heterocycles.